The first-order chi connectivity index (χ1) is 9.75. The first-order valence-corrected chi connectivity index (χ1v) is 6.95. The van der Waals surface area contributed by atoms with E-state index < -0.39 is 22.5 Å². The van der Waals surface area contributed by atoms with E-state index in [-0.39, 0.29) is 24.7 Å². The number of hydrogen-bond acceptors (Lipinski definition) is 3. The van der Waals surface area contributed by atoms with E-state index in [1.807, 2.05) is 0 Å². The van der Waals surface area contributed by atoms with Gasteiger partial charge in [-0.05, 0) is 25.1 Å². The van der Waals surface area contributed by atoms with Gasteiger partial charge in [-0.3, -0.25) is 4.79 Å². The molecule has 0 aliphatic heterocycles. The van der Waals surface area contributed by atoms with Crippen LogP contribution in [-0.2, 0) is 15.7 Å². The average molecular weight is 370 g/mol. The van der Waals surface area contributed by atoms with Gasteiger partial charge in [-0.2, -0.15) is 13.2 Å². The Morgan fingerprint density at radius 3 is 2.57 bits per heavy atom. The summed E-state index contributed by atoms with van der Waals surface area (Å²) in [6, 6.07) is 2.91. The lowest BCUT2D eigenvalue weighted by atomic mass is 10.1. The van der Waals surface area contributed by atoms with Crippen molar-refractivity contribution in [2.45, 2.75) is 17.9 Å². The van der Waals surface area contributed by atoms with Gasteiger partial charge in [0.2, 0.25) is 5.91 Å². The summed E-state index contributed by atoms with van der Waals surface area (Å²) in [6.07, 6.45) is -4.50. The molecule has 21 heavy (non-hydrogen) atoms. The van der Waals surface area contributed by atoms with Gasteiger partial charge in [0.1, 0.15) is 12.4 Å². The summed E-state index contributed by atoms with van der Waals surface area (Å²) in [5.74, 6) is -0.313. The monoisotopic (exact) mass is 369 g/mol. The minimum Gasteiger partial charge on any atom is -0.489 e. The smallest absolute Gasteiger partial charge is 0.416 e. The van der Waals surface area contributed by atoms with Crippen molar-refractivity contribution in [1.29, 1.82) is 0 Å². The number of amides is 1. The Hall–Kier alpha value is -1.28. The maximum absolute atomic E-state index is 12.7. The Kier molecular flexibility index (Phi) is 6.47. The molecule has 0 saturated carbocycles. The highest BCUT2D eigenvalue weighted by atomic mass is 79.9. The lowest BCUT2D eigenvalue weighted by molar-refractivity contribution is -0.137. The highest BCUT2D eigenvalue weighted by molar-refractivity contribution is 9.10. The number of alkyl halides is 4. The third-order valence-electron chi connectivity index (χ3n) is 2.47. The van der Waals surface area contributed by atoms with E-state index in [0.29, 0.717) is 0 Å². The number of hydrogen-bond donors (Lipinski definition) is 1. The molecule has 0 saturated heterocycles. The van der Waals surface area contributed by atoms with Crippen LogP contribution in [0.25, 0.3) is 0 Å². The number of ether oxygens (including phenoxy) is 2. The summed E-state index contributed by atoms with van der Waals surface area (Å²) < 4.78 is 48.3. The van der Waals surface area contributed by atoms with Crippen molar-refractivity contribution in [3.05, 3.63) is 23.8 Å². The third-order valence-corrected chi connectivity index (χ3v) is 2.89. The summed E-state index contributed by atoms with van der Waals surface area (Å²) in [5.41, 5.74) is -0.892. The van der Waals surface area contributed by atoms with Crippen LogP contribution in [0.1, 0.15) is 12.5 Å². The molecule has 1 unspecified atom stereocenters. The Balaban J connectivity index is 3.03. The fourth-order valence-corrected chi connectivity index (χ4v) is 1.51. The van der Waals surface area contributed by atoms with Crippen molar-refractivity contribution in [1.82, 2.24) is 0 Å². The molecule has 4 nitrogen and oxygen atoms in total. The van der Waals surface area contributed by atoms with Crippen LogP contribution in [0.15, 0.2) is 18.2 Å². The number of halogens is 4. The van der Waals surface area contributed by atoms with Crippen LogP contribution in [0.3, 0.4) is 0 Å². The van der Waals surface area contributed by atoms with Gasteiger partial charge in [-0.25, -0.2) is 0 Å². The first kappa shape index (κ1) is 17.8. The molecular weight excluding hydrogens is 355 g/mol. The molecule has 1 rings (SSSR count). The molecule has 0 radical (unpaired) electrons. The molecule has 0 aliphatic rings. The van der Waals surface area contributed by atoms with E-state index in [4.69, 9.17) is 9.47 Å². The van der Waals surface area contributed by atoms with Crippen molar-refractivity contribution in [3.63, 3.8) is 0 Å². The number of carbonyl (C=O) groups excluding carboxylic acids is 1. The molecule has 0 fully saturated rings. The quantitative estimate of drug-likeness (QED) is 0.617. The van der Waals surface area contributed by atoms with Gasteiger partial charge in [0.15, 0.2) is 0 Å². The molecule has 1 N–H and O–H groups in total. The van der Waals surface area contributed by atoms with Crippen LogP contribution in [-0.4, -0.2) is 31.1 Å². The van der Waals surface area contributed by atoms with E-state index in [9.17, 15) is 18.0 Å². The Morgan fingerprint density at radius 1 is 1.38 bits per heavy atom. The molecule has 1 amide bonds. The van der Waals surface area contributed by atoms with Gasteiger partial charge in [0.05, 0.1) is 22.7 Å². The Bertz CT molecular complexity index is 492. The summed E-state index contributed by atoms with van der Waals surface area (Å²) in [6.45, 7) is 2.01. The topological polar surface area (TPSA) is 47.6 Å². The second-order valence-electron chi connectivity index (χ2n) is 4.16. The van der Waals surface area contributed by atoms with E-state index >= 15 is 0 Å². The van der Waals surface area contributed by atoms with Crippen molar-refractivity contribution in [3.8, 4) is 5.75 Å². The molecule has 0 heterocycles. The molecule has 0 spiro atoms. The molecule has 1 atom stereocenters. The highest BCUT2D eigenvalue weighted by Crippen LogP contribution is 2.35. The van der Waals surface area contributed by atoms with Crippen molar-refractivity contribution in [2.24, 2.45) is 0 Å². The lowest BCUT2D eigenvalue weighted by Crippen LogP contribution is -2.21. The van der Waals surface area contributed by atoms with Crippen LogP contribution < -0.4 is 10.1 Å². The minimum absolute atomic E-state index is 0.0303. The predicted molar refractivity (Wildman–Crippen MR) is 75.8 cm³/mol. The largest absolute Gasteiger partial charge is 0.489 e. The normalized spacial score (nSPS) is 12.9. The van der Waals surface area contributed by atoms with E-state index in [1.165, 1.54) is 13.2 Å². The fraction of sp³-hybridized carbons (Fsp3) is 0.462. The van der Waals surface area contributed by atoms with E-state index in [1.54, 1.807) is 6.92 Å². The van der Waals surface area contributed by atoms with Gasteiger partial charge < -0.3 is 14.8 Å². The Labute approximate surface area is 128 Å². The number of benzene rings is 1. The molecule has 1 aromatic rings. The van der Waals surface area contributed by atoms with Crippen LogP contribution in [0.5, 0.6) is 5.75 Å². The molecule has 0 aliphatic carbocycles. The molecule has 8 heteroatoms. The highest BCUT2D eigenvalue weighted by Gasteiger charge is 2.31. The zero-order valence-corrected chi connectivity index (χ0v) is 13.0. The van der Waals surface area contributed by atoms with Gasteiger partial charge in [-0.1, -0.05) is 15.9 Å². The zero-order valence-electron chi connectivity index (χ0n) is 11.5. The van der Waals surface area contributed by atoms with Gasteiger partial charge >= 0.3 is 6.18 Å². The van der Waals surface area contributed by atoms with Crippen LogP contribution >= 0.6 is 15.9 Å². The Morgan fingerprint density at radius 2 is 2.05 bits per heavy atom. The van der Waals surface area contributed by atoms with Crippen molar-refractivity contribution in [2.75, 3.05) is 25.6 Å². The zero-order chi connectivity index (χ0) is 16.0. The lowest BCUT2D eigenvalue weighted by Gasteiger charge is -2.15. The van der Waals surface area contributed by atoms with Gasteiger partial charge in [0.25, 0.3) is 0 Å². The standard InChI is InChI=1S/C13H15BrF3NO3/c1-8(14)12(19)18-10-7-9(13(15,16)17)3-4-11(10)21-6-5-20-2/h3-4,7-8H,5-6H2,1-2H3,(H,18,19). The molecule has 0 aromatic heterocycles. The third kappa shape index (κ3) is 5.55. The molecule has 0 bridgehead atoms. The first-order valence-electron chi connectivity index (χ1n) is 6.03. The summed E-state index contributed by atoms with van der Waals surface area (Å²) in [4.78, 5) is 11.1. The van der Waals surface area contributed by atoms with Gasteiger partial charge in [-0.15, -0.1) is 0 Å². The maximum atomic E-state index is 12.7. The van der Waals surface area contributed by atoms with Crippen molar-refractivity contribution >= 4 is 27.5 Å². The van der Waals surface area contributed by atoms with Crippen LogP contribution in [0.4, 0.5) is 18.9 Å². The van der Waals surface area contributed by atoms with E-state index in [2.05, 4.69) is 21.2 Å². The number of methoxy groups -OCH3 is 1. The fourth-order valence-electron chi connectivity index (χ4n) is 1.40. The number of carbonyl (C=O) groups is 1. The van der Waals surface area contributed by atoms with Crippen LogP contribution in [0.2, 0.25) is 0 Å². The minimum atomic E-state index is -4.50. The average Bonchev–Trinajstić information content (AvgIpc) is 2.39. The second-order valence-corrected chi connectivity index (χ2v) is 5.53. The maximum Gasteiger partial charge on any atom is 0.416 e. The summed E-state index contributed by atoms with van der Waals surface area (Å²) >= 11 is 3.05. The number of rotatable bonds is 6. The summed E-state index contributed by atoms with van der Waals surface area (Å²) in [5, 5.41) is 2.40. The SMILES string of the molecule is COCCOc1ccc(C(F)(F)F)cc1NC(=O)C(C)Br. The number of nitrogens with one attached hydrogen (secondary N) is 1. The second kappa shape index (κ2) is 7.65. The van der Waals surface area contributed by atoms with Crippen LogP contribution in [0, 0.1) is 0 Å². The van der Waals surface area contributed by atoms with Gasteiger partial charge in [0, 0.05) is 7.11 Å². The predicted octanol–water partition coefficient (Wildman–Crippen LogP) is 3.45. The van der Waals surface area contributed by atoms with Crippen molar-refractivity contribution < 1.29 is 27.4 Å². The molecule has 1 aromatic carbocycles. The number of anilines is 1. The van der Waals surface area contributed by atoms with E-state index in [0.717, 1.165) is 12.1 Å². The molecule has 118 valence electrons. The summed E-state index contributed by atoms with van der Waals surface area (Å²) in [7, 11) is 1.48. The molecular formula is C13H15BrF3NO3.